The zero-order chi connectivity index (χ0) is 20.4. The first-order valence-electron chi connectivity index (χ1n) is 10.2. The Morgan fingerprint density at radius 3 is 2.48 bits per heavy atom. The number of benzene rings is 2. The SMILES string of the molecule is CNCCC1OC(c2cccc(Cl)c2)C(c2ccc(Cl)cc2)N(CC2CC2)C1=O. The lowest BCUT2D eigenvalue weighted by Gasteiger charge is -2.45. The van der Waals surface area contributed by atoms with Crippen molar-refractivity contribution in [2.45, 2.75) is 37.5 Å². The molecule has 2 aliphatic rings. The number of rotatable bonds is 7. The van der Waals surface area contributed by atoms with Gasteiger partial charge in [-0.15, -0.1) is 0 Å². The smallest absolute Gasteiger partial charge is 0.252 e. The highest BCUT2D eigenvalue weighted by atomic mass is 35.5. The molecule has 3 unspecified atom stereocenters. The van der Waals surface area contributed by atoms with E-state index in [1.54, 1.807) is 0 Å². The standard InChI is InChI=1S/C23H26Cl2N2O2/c1-26-12-11-20-23(28)27(14-15-5-6-15)21(16-7-9-18(24)10-8-16)22(29-20)17-3-2-4-19(25)13-17/h2-4,7-10,13,15,20-22,26H,5-6,11-12,14H2,1H3. The fraction of sp³-hybridized carbons (Fsp3) is 0.435. The van der Waals surface area contributed by atoms with Crippen LogP contribution in [0.3, 0.4) is 0 Å². The van der Waals surface area contributed by atoms with Crippen molar-refractivity contribution >= 4 is 29.1 Å². The van der Waals surface area contributed by atoms with E-state index in [1.807, 2.05) is 60.5 Å². The summed E-state index contributed by atoms with van der Waals surface area (Å²) in [5.74, 6) is 0.655. The second-order valence-corrected chi connectivity index (χ2v) is 8.80. The van der Waals surface area contributed by atoms with Crippen molar-refractivity contribution < 1.29 is 9.53 Å². The van der Waals surface area contributed by atoms with Gasteiger partial charge in [0.2, 0.25) is 0 Å². The summed E-state index contributed by atoms with van der Waals surface area (Å²) in [6, 6.07) is 15.3. The lowest BCUT2D eigenvalue weighted by atomic mass is 9.91. The Kier molecular flexibility index (Phi) is 6.45. The molecule has 4 rings (SSSR count). The van der Waals surface area contributed by atoms with E-state index in [4.69, 9.17) is 27.9 Å². The third-order valence-electron chi connectivity index (χ3n) is 5.69. The monoisotopic (exact) mass is 432 g/mol. The van der Waals surface area contributed by atoms with Gasteiger partial charge in [0.15, 0.2) is 0 Å². The maximum Gasteiger partial charge on any atom is 0.252 e. The Labute approximate surface area is 182 Å². The predicted molar refractivity (Wildman–Crippen MR) is 116 cm³/mol. The molecule has 1 saturated heterocycles. The number of nitrogens with zero attached hydrogens (tertiary/aromatic N) is 1. The second kappa shape index (κ2) is 9.05. The van der Waals surface area contributed by atoms with Crippen LogP contribution >= 0.6 is 23.2 Å². The first-order valence-corrected chi connectivity index (χ1v) is 10.9. The molecule has 2 fully saturated rings. The van der Waals surface area contributed by atoms with Gasteiger partial charge in [-0.25, -0.2) is 0 Å². The maximum absolute atomic E-state index is 13.4. The number of carbonyl (C=O) groups excluding carboxylic acids is 1. The van der Waals surface area contributed by atoms with Crippen molar-refractivity contribution in [1.29, 1.82) is 0 Å². The molecule has 1 amide bonds. The van der Waals surface area contributed by atoms with Gasteiger partial charge in [-0.2, -0.15) is 0 Å². The number of morpholine rings is 1. The largest absolute Gasteiger partial charge is 0.358 e. The van der Waals surface area contributed by atoms with E-state index >= 15 is 0 Å². The number of halogens is 2. The number of nitrogens with one attached hydrogen (secondary N) is 1. The van der Waals surface area contributed by atoms with Crippen LogP contribution in [0.4, 0.5) is 0 Å². The molecule has 1 N–H and O–H groups in total. The molecule has 2 aromatic carbocycles. The van der Waals surface area contributed by atoms with Gasteiger partial charge in [0.05, 0.1) is 6.04 Å². The van der Waals surface area contributed by atoms with Crippen LogP contribution < -0.4 is 5.32 Å². The zero-order valence-corrected chi connectivity index (χ0v) is 18.0. The molecule has 29 heavy (non-hydrogen) atoms. The highest BCUT2D eigenvalue weighted by Crippen LogP contribution is 2.45. The first kappa shape index (κ1) is 20.7. The van der Waals surface area contributed by atoms with Crippen LogP contribution in [-0.4, -0.2) is 37.0 Å². The quantitative estimate of drug-likeness (QED) is 0.667. The van der Waals surface area contributed by atoms with Gasteiger partial charge in [0.25, 0.3) is 5.91 Å². The summed E-state index contributed by atoms with van der Waals surface area (Å²) >= 11 is 12.4. The molecule has 1 aliphatic heterocycles. The van der Waals surface area contributed by atoms with E-state index in [0.717, 1.165) is 24.2 Å². The fourth-order valence-electron chi connectivity index (χ4n) is 4.00. The Bertz CT molecular complexity index is 854. The number of carbonyl (C=O) groups is 1. The van der Waals surface area contributed by atoms with E-state index < -0.39 is 6.10 Å². The number of amides is 1. The average molecular weight is 433 g/mol. The van der Waals surface area contributed by atoms with Crippen molar-refractivity contribution in [3.05, 3.63) is 69.7 Å². The van der Waals surface area contributed by atoms with E-state index in [9.17, 15) is 4.79 Å². The van der Waals surface area contributed by atoms with Crippen LogP contribution in [0.15, 0.2) is 48.5 Å². The molecule has 0 spiro atoms. The van der Waals surface area contributed by atoms with Gasteiger partial charge in [-0.1, -0.05) is 47.5 Å². The predicted octanol–water partition coefficient (Wildman–Crippen LogP) is 5.02. The normalized spacial score (nSPS) is 24.7. The number of hydrogen-bond donors (Lipinski definition) is 1. The van der Waals surface area contributed by atoms with Crippen LogP contribution in [0.5, 0.6) is 0 Å². The van der Waals surface area contributed by atoms with E-state index in [2.05, 4.69) is 5.32 Å². The Morgan fingerprint density at radius 1 is 1.07 bits per heavy atom. The molecule has 6 heteroatoms. The molecule has 1 saturated carbocycles. The van der Waals surface area contributed by atoms with Crippen molar-refractivity contribution in [2.75, 3.05) is 20.1 Å². The fourth-order valence-corrected chi connectivity index (χ4v) is 4.33. The average Bonchev–Trinajstić information content (AvgIpc) is 3.53. The molecule has 0 bridgehead atoms. The van der Waals surface area contributed by atoms with E-state index in [-0.39, 0.29) is 18.1 Å². The van der Waals surface area contributed by atoms with Crippen LogP contribution in [0.25, 0.3) is 0 Å². The van der Waals surface area contributed by atoms with E-state index in [1.165, 1.54) is 12.8 Å². The highest BCUT2D eigenvalue weighted by molar-refractivity contribution is 6.30. The van der Waals surface area contributed by atoms with Crippen molar-refractivity contribution in [1.82, 2.24) is 10.2 Å². The van der Waals surface area contributed by atoms with Crippen molar-refractivity contribution in [2.24, 2.45) is 5.92 Å². The third-order valence-corrected chi connectivity index (χ3v) is 6.18. The summed E-state index contributed by atoms with van der Waals surface area (Å²) in [7, 11) is 1.89. The van der Waals surface area contributed by atoms with Crippen LogP contribution in [0, 0.1) is 5.92 Å². The Hall–Kier alpha value is -1.59. The molecule has 1 aliphatic carbocycles. The summed E-state index contributed by atoms with van der Waals surface area (Å²) in [6.45, 7) is 1.49. The molecule has 4 nitrogen and oxygen atoms in total. The highest BCUT2D eigenvalue weighted by Gasteiger charge is 2.45. The van der Waals surface area contributed by atoms with Gasteiger partial charge >= 0.3 is 0 Å². The second-order valence-electron chi connectivity index (χ2n) is 7.92. The molecule has 1 heterocycles. The topological polar surface area (TPSA) is 41.6 Å². The molecular weight excluding hydrogens is 407 g/mol. The summed E-state index contributed by atoms with van der Waals surface area (Å²) < 4.78 is 6.45. The Balaban J connectivity index is 1.75. The van der Waals surface area contributed by atoms with Crippen molar-refractivity contribution in [3.8, 4) is 0 Å². The van der Waals surface area contributed by atoms with Crippen LogP contribution in [-0.2, 0) is 9.53 Å². The molecule has 154 valence electrons. The van der Waals surface area contributed by atoms with Gasteiger partial charge in [0, 0.05) is 16.6 Å². The summed E-state index contributed by atoms with van der Waals surface area (Å²) in [5.41, 5.74) is 2.01. The molecule has 0 aromatic heterocycles. The minimum Gasteiger partial charge on any atom is -0.358 e. The summed E-state index contributed by atoms with van der Waals surface area (Å²) in [4.78, 5) is 15.4. The third kappa shape index (κ3) is 4.77. The molecule has 0 radical (unpaired) electrons. The lowest BCUT2D eigenvalue weighted by molar-refractivity contribution is -0.175. The minimum absolute atomic E-state index is 0.0744. The molecule has 3 atom stereocenters. The summed E-state index contributed by atoms with van der Waals surface area (Å²) in [6.07, 6.45) is 2.25. The van der Waals surface area contributed by atoms with Crippen LogP contribution in [0.2, 0.25) is 10.0 Å². The van der Waals surface area contributed by atoms with Gasteiger partial charge < -0.3 is 15.0 Å². The lowest BCUT2D eigenvalue weighted by Crippen LogP contribution is -2.52. The first-order chi connectivity index (χ1) is 14.1. The molecular formula is C23H26Cl2N2O2. The van der Waals surface area contributed by atoms with E-state index in [0.29, 0.717) is 22.4 Å². The van der Waals surface area contributed by atoms with Crippen LogP contribution in [0.1, 0.15) is 42.5 Å². The summed E-state index contributed by atoms with van der Waals surface area (Å²) in [5, 5.41) is 4.47. The number of hydrogen-bond acceptors (Lipinski definition) is 3. The van der Waals surface area contributed by atoms with Gasteiger partial charge in [-0.05, 0) is 74.2 Å². The van der Waals surface area contributed by atoms with Gasteiger partial charge in [-0.3, -0.25) is 4.79 Å². The maximum atomic E-state index is 13.4. The van der Waals surface area contributed by atoms with Crippen molar-refractivity contribution in [3.63, 3.8) is 0 Å². The molecule has 2 aromatic rings. The minimum atomic E-state index is -0.464. The van der Waals surface area contributed by atoms with Gasteiger partial charge in [0.1, 0.15) is 12.2 Å². The Morgan fingerprint density at radius 2 is 1.83 bits per heavy atom. The zero-order valence-electron chi connectivity index (χ0n) is 16.5. The number of ether oxygens (including phenoxy) is 1.